The normalized spacial score (nSPS) is 9.47. The van der Waals surface area contributed by atoms with E-state index in [0.29, 0.717) is 18.1 Å². The molecular formula is C12H13BrO2. The Hall–Kier alpha value is -1.14. The van der Waals surface area contributed by atoms with E-state index in [4.69, 9.17) is 15.9 Å². The lowest BCUT2D eigenvalue weighted by atomic mass is 10.2. The summed E-state index contributed by atoms with van der Waals surface area (Å²) >= 11 is 3.42. The predicted molar refractivity (Wildman–Crippen MR) is 64.4 cm³/mol. The van der Waals surface area contributed by atoms with Crippen molar-refractivity contribution in [3.8, 4) is 23.8 Å². The molecule has 80 valence electrons. The molecule has 1 aromatic rings. The molecule has 0 unspecified atom stereocenters. The van der Waals surface area contributed by atoms with Crippen LogP contribution in [-0.2, 0) is 0 Å². The van der Waals surface area contributed by atoms with Crippen molar-refractivity contribution in [2.24, 2.45) is 0 Å². The summed E-state index contributed by atoms with van der Waals surface area (Å²) in [6.07, 6.45) is 6.30. The van der Waals surface area contributed by atoms with Gasteiger partial charge in [-0.1, -0.05) is 12.8 Å². The molecule has 0 aliphatic heterocycles. The summed E-state index contributed by atoms with van der Waals surface area (Å²) < 4.78 is 11.6. The third-order valence-electron chi connectivity index (χ3n) is 1.89. The van der Waals surface area contributed by atoms with Crippen molar-refractivity contribution in [1.29, 1.82) is 0 Å². The Balaban J connectivity index is 3.12. The largest absolute Gasteiger partial charge is 0.493 e. The van der Waals surface area contributed by atoms with Crippen LogP contribution in [0.5, 0.6) is 11.5 Å². The number of ether oxygens (including phenoxy) is 2. The van der Waals surface area contributed by atoms with Crippen molar-refractivity contribution < 1.29 is 9.47 Å². The molecule has 0 saturated heterocycles. The molecule has 0 fully saturated rings. The zero-order chi connectivity index (χ0) is 11.3. The van der Waals surface area contributed by atoms with Crippen molar-refractivity contribution in [2.45, 2.75) is 13.3 Å². The van der Waals surface area contributed by atoms with Gasteiger partial charge in [0, 0.05) is 5.56 Å². The fourth-order valence-corrected chi connectivity index (χ4v) is 1.71. The summed E-state index contributed by atoms with van der Waals surface area (Å²) in [6.45, 7) is 2.69. The lowest BCUT2D eigenvalue weighted by Gasteiger charge is -2.12. The van der Waals surface area contributed by atoms with Gasteiger partial charge < -0.3 is 9.47 Å². The highest BCUT2D eigenvalue weighted by Gasteiger charge is 2.11. The van der Waals surface area contributed by atoms with Crippen molar-refractivity contribution in [2.75, 3.05) is 13.7 Å². The maximum absolute atomic E-state index is 5.58. The van der Waals surface area contributed by atoms with Gasteiger partial charge in [-0.3, -0.25) is 0 Å². The van der Waals surface area contributed by atoms with Gasteiger partial charge in [-0.2, -0.15) is 0 Å². The minimum atomic E-state index is 0.642. The number of hydrogen-bond donors (Lipinski definition) is 0. The van der Waals surface area contributed by atoms with Gasteiger partial charge in [0.05, 0.1) is 18.2 Å². The second kappa shape index (κ2) is 5.67. The van der Waals surface area contributed by atoms with Gasteiger partial charge in [0.1, 0.15) is 0 Å². The molecule has 0 heterocycles. The maximum Gasteiger partial charge on any atom is 0.176 e. The number of halogens is 1. The van der Waals surface area contributed by atoms with Crippen molar-refractivity contribution >= 4 is 15.9 Å². The molecule has 0 bridgehead atoms. The van der Waals surface area contributed by atoms with Crippen LogP contribution in [0.4, 0.5) is 0 Å². The van der Waals surface area contributed by atoms with Crippen LogP contribution >= 0.6 is 15.9 Å². The molecule has 15 heavy (non-hydrogen) atoms. The van der Waals surface area contributed by atoms with Gasteiger partial charge >= 0.3 is 0 Å². The van der Waals surface area contributed by atoms with Crippen molar-refractivity contribution in [1.82, 2.24) is 0 Å². The van der Waals surface area contributed by atoms with Gasteiger partial charge in [-0.25, -0.2) is 0 Å². The van der Waals surface area contributed by atoms with E-state index in [9.17, 15) is 0 Å². The van der Waals surface area contributed by atoms with Gasteiger partial charge in [0.15, 0.2) is 11.5 Å². The summed E-state index contributed by atoms with van der Waals surface area (Å²) in [6, 6.07) is 3.63. The third-order valence-corrected chi connectivity index (χ3v) is 2.67. The van der Waals surface area contributed by atoms with Crippen LogP contribution in [0.3, 0.4) is 0 Å². The molecule has 2 nitrogen and oxygen atoms in total. The average molecular weight is 269 g/mol. The zero-order valence-electron chi connectivity index (χ0n) is 8.84. The minimum Gasteiger partial charge on any atom is -0.493 e. The van der Waals surface area contributed by atoms with Crippen molar-refractivity contribution in [3.63, 3.8) is 0 Å². The molecular weight excluding hydrogens is 256 g/mol. The van der Waals surface area contributed by atoms with E-state index in [0.717, 1.165) is 16.5 Å². The topological polar surface area (TPSA) is 18.5 Å². The summed E-state index contributed by atoms with van der Waals surface area (Å²) in [5.74, 6) is 3.95. The molecule has 0 amide bonds. The third kappa shape index (κ3) is 2.66. The van der Waals surface area contributed by atoms with Gasteiger partial charge in [0.25, 0.3) is 0 Å². The molecule has 0 N–H and O–H groups in total. The number of hydrogen-bond acceptors (Lipinski definition) is 2. The minimum absolute atomic E-state index is 0.642. The molecule has 1 aromatic carbocycles. The number of rotatable bonds is 4. The molecule has 0 atom stereocenters. The van der Waals surface area contributed by atoms with E-state index in [2.05, 4.69) is 21.9 Å². The Bertz CT molecular complexity index is 380. The highest BCUT2D eigenvalue weighted by molar-refractivity contribution is 9.10. The lowest BCUT2D eigenvalue weighted by molar-refractivity contribution is 0.292. The van der Waals surface area contributed by atoms with E-state index in [1.807, 2.05) is 19.1 Å². The summed E-state index contributed by atoms with van der Waals surface area (Å²) in [5.41, 5.74) is 0.766. The van der Waals surface area contributed by atoms with Gasteiger partial charge in [-0.15, -0.1) is 6.42 Å². The van der Waals surface area contributed by atoms with Crippen LogP contribution in [0.2, 0.25) is 0 Å². The molecule has 3 heteroatoms. The van der Waals surface area contributed by atoms with Crippen LogP contribution in [0, 0.1) is 12.3 Å². The molecule has 0 spiro atoms. The SMILES string of the molecule is C#Cc1ccc(OC)c(OCCC)c1Br. The molecule has 0 aromatic heterocycles. The zero-order valence-corrected chi connectivity index (χ0v) is 10.4. The number of methoxy groups -OCH3 is 1. The van der Waals surface area contributed by atoms with Crippen LogP contribution in [0.1, 0.15) is 18.9 Å². The first kappa shape index (κ1) is 11.9. The average Bonchev–Trinajstić information content (AvgIpc) is 2.27. The summed E-state index contributed by atoms with van der Waals surface area (Å²) in [4.78, 5) is 0. The van der Waals surface area contributed by atoms with E-state index in [-0.39, 0.29) is 0 Å². The van der Waals surface area contributed by atoms with Gasteiger partial charge in [0.2, 0.25) is 0 Å². The lowest BCUT2D eigenvalue weighted by Crippen LogP contribution is -1.99. The number of terminal acetylenes is 1. The maximum atomic E-state index is 5.58. The second-order valence-electron chi connectivity index (χ2n) is 2.95. The molecule has 0 saturated carbocycles. The molecule has 1 rings (SSSR count). The van der Waals surface area contributed by atoms with E-state index < -0.39 is 0 Å². The fraction of sp³-hybridized carbons (Fsp3) is 0.333. The quantitative estimate of drug-likeness (QED) is 0.781. The van der Waals surface area contributed by atoms with Crippen LogP contribution in [-0.4, -0.2) is 13.7 Å². The summed E-state index contributed by atoms with van der Waals surface area (Å²) in [5, 5.41) is 0. The smallest absolute Gasteiger partial charge is 0.176 e. The standard InChI is InChI=1S/C12H13BrO2/c1-4-8-15-12-10(14-3)7-6-9(5-2)11(12)13/h2,6-7H,4,8H2,1,3H3. The van der Waals surface area contributed by atoms with Crippen LogP contribution in [0.25, 0.3) is 0 Å². The Morgan fingerprint density at radius 1 is 1.47 bits per heavy atom. The van der Waals surface area contributed by atoms with E-state index in [1.165, 1.54) is 0 Å². The fourth-order valence-electron chi connectivity index (χ4n) is 1.15. The predicted octanol–water partition coefficient (Wildman–Crippen LogP) is 3.23. The number of benzene rings is 1. The molecule has 0 aliphatic carbocycles. The van der Waals surface area contributed by atoms with Crippen LogP contribution < -0.4 is 9.47 Å². The molecule has 0 aliphatic rings. The first-order valence-corrected chi connectivity index (χ1v) is 5.49. The first-order valence-electron chi connectivity index (χ1n) is 4.70. The highest BCUT2D eigenvalue weighted by atomic mass is 79.9. The molecule has 0 radical (unpaired) electrons. The highest BCUT2D eigenvalue weighted by Crippen LogP contribution is 2.37. The van der Waals surface area contributed by atoms with Crippen molar-refractivity contribution in [3.05, 3.63) is 22.2 Å². The monoisotopic (exact) mass is 268 g/mol. The van der Waals surface area contributed by atoms with Gasteiger partial charge in [-0.05, 0) is 34.5 Å². The first-order chi connectivity index (χ1) is 7.24. The van der Waals surface area contributed by atoms with E-state index in [1.54, 1.807) is 7.11 Å². The van der Waals surface area contributed by atoms with E-state index >= 15 is 0 Å². The Kier molecular flexibility index (Phi) is 4.51. The summed E-state index contributed by atoms with van der Waals surface area (Å²) in [7, 11) is 1.61. The Morgan fingerprint density at radius 2 is 2.20 bits per heavy atom. The second-order valence-corrected chi connectivity index (χ2v) is 3.74. The Labute approximate surface area is 98.7 Å². The van der Waals surface area contributed by atoms with Crippen LogP contribution in [0.15, 0.2) is 16.6 Å². The Morgan fingerprint density at radius 3 is 2.73 bits per heavy atom.